The fourth-order valence-electron chi connectivity index (χ4n) is 1.73. The molecule has 1 N–H and O–H groups in total. The van der Waals surface area contributed by atoms with Crippen LogP contribution >= 0.6 is 0 Å². The first-order valence-electron chi connectivity index (χ1n) is 5.80. The molecule has 1 rings (SSSR count). The van der Waals surface area contributed by atoms with Crippen LogP contribution in [0.4, 0.5) is 8.78 Å². The molecule has 0 aliphatic heterocycles. The van der Waals surface area contributed by atoms with E-state index in [1.165, 1.54) is 17.0 Å². The molecule has 5 heteroatoms. The molecule has 1 aromatic rings. The van der Waals surface area contributed by atoms with E-state index in [0.717, 1.165) is 6.07 Å². The Morgan fingerprint density at radius 1 is 1.39 bits per heavy atom. The van der Waals surface area contributed by atoms with Gasteiger partial charge in [0, 0.05) is 18.2 Å². The normalized spacial score (nSPS) is 10.8. The second-order valence-electron chi connectivity index (χ2n) is 4.29. The van der Waals surface area contributed by atoms with E-state index >= 15 is 0 Å². The highest BCUT2D eigenvalue weighted by Gasteiger charge is 2.19. The van der Waals surface area contributed by atoms with Crippen LogP contribution in [0.3, 0.4) is 0 Å². The molecule has 0 bridgehead atoms. The second kappa shape index (κ2) is 6.44. The minimum Gasteiger partial charge on any atom is -0.395 e. The van der Waals surface area contributed by atoms with Gasteiger partial charge in [-0.3, -0.25) is 4.79 Å². The average Bonchev–Trinajstić information content (AvgIpc) is 2.31. The third-order valence-electron chi connectivity index (χ3n) is 2.66. The molecule has 0 fully saturated rings. The van der Waals surface area contributed by atoms with Crippen molar-refractivity contribution in [3.63, 3.8) is 0 Å². The van der Waals surface area contributed by atoms with E-state index in [-0.39, 0.29) is 37.1 Å². The van der Waals surface area contributed by atoms with E-state index in [4.69, 9.17) is 5.11 Å². The maximum atomic E-state index is 13.4. The number of aliphatic hydroxyl groups excluding tert-OH is 1. The second-order valence-corrected chi connectivity index (χ2v) is 4.29. The summed E-state index contributed by atoms with van der Waals surface area (Å²) >= 11 is 0. The minimum atomic E-state index is -0.987. The van der Waals surface area contributed by atoms with Gasteiger partial charge in [-0.2, -0.15) is 0 Å². The summed E-state index contributed by atoms with van der Waals surface area (Å²) in [7, 11) is 0. The number of amides is 1. The Hall–Kier alpha value is -1.49. The Balaban J connectivity index is 2.82. The molecule has 18 heavy (non-hydrogen) atoms. The van der Waals surface area contributed by atoms with Gasteiger partial charge in [-0.1, -0.05) is 12.1 Å². The molecule has 0 unspecified atom stereocenters. The largest absolute Gasteiger partial charge is 0.395 e. The van der Waals surface area contributed by atoms with Crippen molar-refractivity contribution < 1.29 is 18.7 Å². The van der Waals surface area contributed by atoms with Gasteiger partial charge in [-0.15, -0.1) is 0 Å². The molecule has 0 heterocycles. The molecule has 0 saturated carbocycles. The Labute approximate surface area is 105 Å². The highest BCUT2D eigenvalue weighted by molar-refractivity contribution is 5.79. The summed E-state index contributed by atoms with van der Waals surface area (Å²) in [6.07, 6.45) is -0.207. The lowest BCUT2D eigenvalue weighted by atomic mass is 10.1. The van der Waals surface area contributed by atoms with Crippen molar-refractivity contribution in [1.29, 1.82) is 0 Å². The van der Waals surface area contributed by atoms with E-state index in [0.29, 0.717) is 0 Å². The molecule has 0 radical (unpaired) electrons. The van der Waals surface area contributed by atoms with Crippen molar-refractivity contribution in [3.8, 4) is 0 Å². The summed E-state index contributed by atoms with van der Waals surface area (Å²) in [5, 5.41) is 8.87. The smallest absolute Gasteiger partial charge is 0.227 e. The number of carbonyl (C=O) groups excluding carboxylic acids is 1. The molecular weight excluding hydrogens is 240 g/mol. The first-order valence-corrected chi connectivity index (χ1v) is 5.80. The predicted molar refractivity (Wildman–Crippen MR) is 64.0 cm³/mol. The van der Waals surface area contributed by atoms with Gasteiger partial charge in [0.05, 0.1) is 13.0 Å². The van der Waals surface area contributed by atoms with Crippen LogP contribution in [0.2, 0.25) is 0 Å². The Morgan fingerprint density at radius 2 is 2.06 bits per heavy atom. The van der Waals surface area contributed by atoms with Gasteiger partial charge in [0.2, 0.25) is 5.91 Å². The predicted octanol–water partition coefficient (Wildman–Crippen LogP) is 1.74. The zero-order valence-corrected chi connectivity index (χ0v) is 10.5. The molecule has 0 atom stereocenters. The molecule has 1 amide bonds. The number of hydrogen-bond donors (Lipinski definition) is 1. The van der Waals surface area contributed by atoms with Crippen molar-refractivity contribution in [2.45, 2.75) is 26.3 Å². The summed E-state index contributed by atoms with van der Waals surface area (Å²) in [4.78, 5) is 13.4. The number of benzene rings is 1. The third kappa shape index (κ3) is 3.50. The van der Waals surface area contributed by atoms with Crippen LogP contribution in [-0.4, -0.2) is 35.1 Å². The lowest BCUT2D eigenvalue weighted by molar-refractivity contribution is -0.132. The fraction of sp³-hybridized carbons (Fsp3) is 0.462. The maximum absolute atomic E-state index is 13.4. The summed E-state index contributed by atoms with van der Waals surface area (Å²) in [6.45, 7) is 3.63. The van der Waals surface area contributed by atoms with Gasteiger partial charge in [-0.25, -0.2) is 8.78 Å². The number of nitrogens with zero attached hydrogens (tertiary/aromatic N) is 1. The van der Waals surface area contributed by atoms with Crippen molar-refractivity contribution in [2.24, 2.45) is 0 Å². The van der Waals surface area contributed by atoms with Crippen LogP contribution < -0.4 is 0 Å². The van der Waals surface area contributed by atoms with Crippen LogP contribution in [0, 0.1) is 11.6 Å². The van der Waals surface area contributed by atoms with Gasteiger partial charge in [-0.05, 0) is 19.9 Å². The summed E-state index contributed by atoms with van der Waals surface area (Å²) in [6, 6.07) is 3.67. The monoisotopic (exact) mass is 257 g/mol. The van der Waals surface area contributed by atoms with Gasteiger partial charge in [0.25, 0.3) is 0 Å². The fourth-order valence-corrected chi connectivity index (χ4v) is 1.73. The minimum absolute atomic E-state index is 0.0311. The standard InChI is InChI=1S/C13H17F2NO2/c1-9(2)16(6-7-17)12(18)8-10-4-3-5-11(14)13(10)15/h3-5,9,17H,6-8H2,1-2H3. The Kier molecular flexibility index (Phi) is 5.22. The molecule has 1 aromatic carbocycles. The Bertz CT molecular complexity index is 421. The number of carbonyl (C=O) groups is 1. The zero-order chi connectivity index (χ0) is 13.7. The van der Waals surface area contributed by atoms with E-state index < -0.39 is 11.6 Å². The first-order chi connectivity index (χ1) is 8.47. The van der Waals surface area contributed by atoms with Crippen molar-refractivity contribution >= 4 is 5.91 Å². The summed E-state index contributed by atoms with van der Waals surface area (Å²) < 4.78 is 26.4. The van der Waals surface area contributed by atoms with Crippen LogP contribution in [0.15, 0.2) is 18.2 Å². The quantitative estimate of drug-likeness (QED) is 0.872. The molecule has 0 spiro atoms. The van der Waals surface area contributed by atoms with Crippen molar-refractivity contribution in [2.75, 3.05) is 13.2 Å². The number of aliphatic hydroxyl groups is 1. The molecule has 0 saturated heterocycles. The van der Waals surface area contributed by atoms with Crippen molar-refractivity contribution in [1.82, 2.24) is 4.90 Å². The lowest BCUT2D eigenvalue weighted by Gasteiger charge is -2.26. The number of rotatable bonds is 5. The highest BCUT2D eigenvalue weighted by atomic mass is 19.2. The van der Waals surface area contributed by atoms with E-state index in [1.54, 1.807) is 13.8 Å². The molecular formula is C13H17F2NO2. The molecule has 100 valence electrons. The lowest BCUT2D eigenvalue weighted by Crippen LogP contribution is -2.40. The van der Waals surface area contributed by atoms with E-state index in [2.05, 4.69) is 0 Å². The molecule has 3 nitrogen and oxygen atoms in total. The molecule has 0 aromatic heterocycles. The van der Waals surface area contributed by atoms with Gasteiger partial charge in [0.15, 0.2) is 11.6 Å². The zero-order valence-electron chi connectivity index (χ0n) is 10.5. The Morgan fingerprint density at radius 3 is 2.61 bits per heavy atom. The van der Waals surface area contributed by atoms with Crippen LogP contribution in [0.5, 0.6) is 0 Å². The van der Waals surface area contributed by atoms with Crippen LogP contribution in [0.1, 0.15) is 19.4 Å². The van der Waals surface area contributed by atoms with Gasteiger partial charge in [0.1, 0.15) is 0 Å². The third-order valence-corrected chi connectivity index (χ3v) is 2.66. The van der Waals surface area contributed by atoms with E-state index in [9.17, 15) is 13.6 Å². The van der Waals surface area contributed by atoms with E-state index in [1.807, 2.05) is 0 Å². The SMILES string of the molecule is CC(C)N(CCO)C(=O)Cc1cccc(F)c1F. The molecule has 0 aliphatic rings. The van der Waals surface area contributed by atoms with Crippen LogP contribution in [0.25, 0.3) is 0 Å². The topological polar surface area (TPSA) is 40.5 Å². The van der Waals surface area contributed by atoms with Gasteiger partial charge < -0.3 is 10.0 Å². The number of hydrogen-bond acceptors (Lipinski definition) is 2. The van der Waals surface area contributed by atoms with Gasteiger partial charge >= 0.3 is 0 Å². The maximum Gasteiger partial charge on any atom is 0.227 e. The first kappa shape index (κ1) is 14.6. The molecule has 0 aliphatic carbocycles. The average molecular weight is 257 g/mol. The summed E-state index contributed by atoms with van der Waals surface area (Å²) in [5.41, 5.74) is 0.0311. The highest BCUT2D eigenvalue weighted by Crippen LogP contribution is 2.13. The number of halogens is 2. The summed E-state index contributed by atoms with van der Waals surface area (Å²) in [5.74, 6) is -2.28. The van der Waals surface area contributed by atoms with Crippen LogP contribution in [-0.2, 0) is 11.2 Å². The van der Waals surface area contributed by atoms with Crippen molar-refractivity contribution in [3.05, 3.63) is 35.4 Å².